The van der Waals surface area contributed by atoms with Gasteiger partial charge in [0.1, 0.15) is 6.07 Å². The molecule has 0 amide bonds. The number of nitrogens with zero attached hydrogens (tertiary/aromatic N) is 2. The van der Waals surface area contributed by atoms with E-state index >= 15 is 0 Å². The highest BCUT2D eigenvalue weighted by Crippen LogP contribution is 2.19. The van der Waals surface area contributed by atoms with Gasteiger partial charge in [0.2, 0.25) is 0 Å². The van der Waals surface area contributed by atoms with Crippen molar-refractivity contribution in [3.63, 3.8) is 0 Å². The van der Waals surface area contributed by atoms with Crippen LogP contribution < -0.4 is 4.90 Å². The van der Waals surface area contributed by atoms with Crippen molar-refractivity contribution in [2.45, 2.75) is 6.92 Å². The molecule has 0 N–H and O–H groups in total. The van der Waals surface area contributed by atoms with Gasteiger partial charge in [-0.3, -0.25) is 0 Å². The predicted octanol–water partition coefficient (Wildman–Crippen LogP) is 2.75. The molecule has 4 nitrogen and oxygen atoms in total. The van der Waals surface area contributed by atoms with Crippen molar-refractivity contribution in [3.8, 4) is 6.07 Å². The molecular formula is C13H13ClN2O2. The zero-order valence-corrected chi connectivity index (χ0v) is 10.9. The van der Waals surface area contributed by atoms with Crippen LogP contribution in [-0.2, 0) is 9.53 Å². The lowest BCUT2D eigenvalue weighted by molar-refractivity contribution is -0.138. The van der Waals surface area contributed by atoms with Crippen molar-refractivity contribution in [3.05, 3.63) is 41.1 Å². The summed E-state index contributed by atoms with van der Waals surface area (Å²) in [6.07, 6.45) is 1.42. The normalized spacial score (nSPS) is 10.7. The van der Waals surface area contributed by atoms with E-state index in [-0.39, 0.29) is 12.2 Å². The Balaban J connectivity index is 2.93. The zero-order valence-electron chi connectivity index (χ0n) is 10.2. The summed E-state index contributed by atoms with van der Waals surface area (Å²) >= 11 is 5.87. The Kier molecular flexibility index (Phi) is 5.22. The van der Waals surface area contributed by atoms with Crippen molar-refractivity contribution in [1.29, 1.82) is 5.26 Å². The molecule has 1 aromatic carbocycles. The van der Waals surface area contributed by atoms with Crippen molar-refractivity contribution >= 4 is 23.3 Å². The Labute approximate surface area is 111 Å². The van der Waals surface area contributed by atoms with Gasteiger partial charge in [0.15, 0.2) is 5.57 Å². The van der Waals surface area contributed by atoms with Gasteiger partial charge in [0.05, 0.1) is 6.61 Å². The zero-order chi connectivity index (χ0) is 13.5. The third-order valence-corrected chi connectivity index (χ3v) is 2.39. The Morgan fingerprint density at radius 1 is 1.61 bits per heavy atom. The van der Waals surface area contributed by atoms with Crippen LogP contribution in [0.2, 0.25) is 5.02 Å². The Bertz CT molecular complexity index is 506. The van der Waals surface area contributed by atoms with E-state index in [1.807, 2.05) is 12.1 Å². The number of esters is 1. The number of hydrogen-bond donors (Lipinski definition) is 0. The van der Waals surface area contributed by atoms with Gasteiger partial charge in [-0.25, -0.2) is 4.79 Å². The maximum atomic E-state index is 11.4. The van der Waals surface area contributed by atoms with E-state index < -0.39 is 5.97 Å². The number of rotatable bonds is 4. The second-order valence-corrected chi connectivity index (χ2v) is 3.90. The van der Waals surface area contributed by atoms with Gasteiger partial charge in [-0.2, -0.15) is 5.26 Å². The lowest BCUT2D eigenvalue weighted by atomic mass is 10.2. The van der Waals surface area contributed by atoms with E-state index in [1.54, 1.807) is 37.1 Å². The number of anilines is 1. The predicted molar refractivity (Wildman–Crippen MR) is 70.2 cm³/mol. The molecule has 1 aromatic rings. The fraction of sp³-hybridized carbons (Fsp3) is 0.231. The minimum atomic E-state index is -0.631. The van der Waals surface area contributed by atoms with E-state index in [4.69, 9.17) is 21.6 Å². The van der Waals surface area contributed by atoms with E-state index in [0.717, 1.165) is 5.69 Å². The molecule has 0 bridgehead atoms. The van der Waals surface area contributed by atoms with Crippen molar-refractivity contribution in [1.82, 2.24) is 0 Å². The average Bonchev–Trinajstić information content (AvgIpc) is 2.35. The highest BCUT2D eigenvalue weighted by Gasteiger charge is 2.11. The molecular weight excluding hydrogens is 252 g/mol. The Hall–Kier alpha value is -1.99. The number of halogens is 1. The Morgan fingerprint density at radius 3 is 2.89 bits per heavy atom. The van der Waals surface area contributed by atoms with Gasteiger partial charge in [0, 0.05) is 24.0 Å². The van der Waals surface area contributed by atoms with Gasteiger partial charge in [0.25, 0.3) is 0 Å². The molecule has 0 aliphatic rings. The first-order valence-corrected chi connectivity index (χ1v) is 5.73. The van der Waals surface area contributed by atoms with Crippen molar-refractivity contribution < 1.29 is 9.53 Å². The van der Waals surface area contributed by atoms with Crippen LogP contribution in [0.4, 0.5) is 5.69 Å². The number of nitriles is 1. The minimum absolute atomic E-state index is 0.0562. The molecule has 18 heavy (non-hydrogen) atoms. The quantitative estimate of drug-likeness (QED) is 0.477. The summed E-state index contributed by atoms with van der Waals surface area (Å²) in [7, 11) is 1.72. The second kappa shape index (κ2) is 6.67. The molecule has 5 heteroatoms. The summed E-state index contributed by atoms with van der Waals surface area (Å²) in [6, 6.07) is 8.91. The summed E-state index contributed by atoms with van der Waals surface area (Å²) in [4.78, 5) is 13.1. The topological polar surface area (TPSA) is 53.3 Å². The molecule has 94 valence electrons. The van der Waals surface area contributed by atoms with Crippen molar-refractivity contribution in [2.24, 2.45) is 0 Å². The van der Waals surface area contributed by atoms with E-state index in [9.17, 15) is 4.79 Å². The number of hydrogen-bond acceptors (Lipinski definition) is 4. The highest BCUT2D eigenvalue weighted by molar-refractivity contribution is 6.30. The van der Waals surface area contributed by atoms with Gasteiger partial charge in [-0.15, -0.1) is 0 Å². The van der Waals surface area contributed by atoms with Gasteiger partial charge >= 0.3 is 5.97 Å². The molecule has 1 rings (SSSR count). The van der Waals surface area contributed by atoms with E-state index in [0.29, 0.717) is 5.02 Å². The largest absolute Gasteiger partial charge is 0.462 e. The fourth-order valence-corrected chi connectivity index (χ4v) is 1.48. The van der Waals surface area contributed by atoms with Gasteiger partial charge in [-0.1, -0.05) is 17.7 Å². The van der Waals surface area contributed by atoms with E-state index in [2.05, 4.69) is 0 Å². The highest BCUT2D eigenvalue weighted by atomic mass is 35.5. The van der Waals surface area contributed by atoms with Crippen LogP contribution in [0.1, 0.15) is 6.92 Å². The summed E-state index contributed by atoms with van der Waals surface area (Å²) in [5, 5.41) is 9.49. The number of ether oxygens (including phenoxy) is 1. The van der Waals surface area contributed by atoms with Crippen LogP contribution >= 0.6 is 11.6 Å². The second-order valence-electron chi connectivity index (χ2n) is 3.47. The van der Waals surface area contributed by atoms with E-state index in [1.165, 1.54) is 6.20 Å². The fourth-order valence-electron chi connectivity index (χ4n) is 1.30. The number of carbonyl (C=O) groups is 1. The molecule has 0 spiro atoms. The first-order valence-electron chi connectivity index (χ1n) is 5.36. The Morgan fingerprint density at radius 2 is 2.33 bits per heavy atom. The maximum absolute atomic E-state index is 11.4. The molecule has 0 saturated carbocycles. The summed E-state index contributed by atoms with van der Waals surface area (Å²) in [6.45, 7) is 1.92. The summed E-state index contributed by atoms with van der Waals surface area (Å²) < 4.78 is 4.77. The maximum Gasteiger partial charge on any atom is 0.350 e. The van der Waals surface area contributed by atoms with Gasteiger partial charge < -0.3 is 9.64 Å². The summed E-state index contributed by atoms with van der Waals surface area (Å²) in [5.74, 6) is -0.631. The van der Waals surface area contributed by atoms with Crippen LogP contribution in [0.25, 0.3) is 0 Å². The lowest BCUT2D eigenvalue weighted by Crippen LogP contribution is -2.14. The van der Waals surface area contributed by atoms with Crippen LogP contribution in [0.15, 0.2) is 36.0 Å². The molecule has 0 fully saturated rings. The average molecular weight is 265 g/mol. The first kappa shape index (κ1) is 14.1. The van der Waals surface area contributed by atoms with Gasteiger partial charge in [-0.05, 0) is 25.1 Å². The number of benzene rings is 1. The number of carbonyl (C=O) groups excluding carboxylic acids is 1. The van der Waals surface area contributed by atoms with Crippen LogP contribution in [-0.4, -0.2) is 19.6 Å². The molecule has 0 aliphatic carbocycles. The van der Waals surface area contributed by atoms with Crippen LogP contribution in [0.3, 0.4) is 0 Å². The van der Waals surface area contributed by atoms with Crippen molar-refractivity contribution in [2.75, 3.05) is 18.6 Å². The minimum Gasteiger partial charge on any atom is -0.462 e. The monoisotopic (exact) mass is 264 g/mol. The molecule has 0 unspecified atom stereocenters. The summed E-state index contributed by atoms with van der Waals surface area (Å²) in [5.41, 5.74) is 0.721. The molecule has 0 saturated heterocycles. The van der Waals surface area contributed by atoms with Crippen LogP contribution in [0, 0.1) is 11.3 Å². The molecule has 0 aliphatic heterocycles. The molecule has 0 heterocycles. The lowest BCUT2D eigenvalue weighted by Gasteiger charge is -2.14. The molecule has 0 aromatic heterocycles. The van der Waals surface area contributed by atoms with Crippen LogP contribution in [0.5, 0.6) is 0 Å². The standard InChI is InChI=1S/C13H13ClN2O2/c1-3-18-13(17)10(8-15)9-16(2)12-6-4-5-11(14)7-12/h4-7,9H,3H2,1-2H3. The first-order chi connectivity index (χ1) is 8.58. The molecule has 0 radical (unpaired) electrons. The third-order valence-electron chi connectivity index (χ3n) is 2.15. The smallest absolute Gasteiger partial charge is 0.350 e. The third kappa shape index (κ3) is 3.79. The molecule has 0 atom stereocenters. The SMILES string of the molecule is CCOC(=O)C(C#N)=CN(C)c1cccc(Cl)c1.